The van der Waals surface area contributed by atoms with E-state index in [9.17, 15) is 0 Å². The Labute approximate surface area is 137 Å². The third-order valence-corrected chi connectivity index (χ3v) is 3.26. The van der Waals surface area contributed by atoms with E-state index in [1.807, 2.05) is 0 Å². The topological polar surface area (TPSA) is 15.6 Å². The number of nitrogens with zero attached hydrogens (tertiary/aromatic N) is 2. The van der Waals surface area contributed by atoms with Gasteiger partial charge in [0.15, 0.2) is 0 Å². The summed E-state index contributed by atoms with van der Waals surface area (Å²) in [7, 11) is 0. The summed E-state index contributed by atoms with van der Waals surface area (Å²) in [5, 5.41) is 0. The van der Waals surface area contributed by atoms with E-state index in [1.54, 1.807) is 0 Å². The van der Waals surface area contributed by atoms with Crippen molar-refractivity contribution in [3.05, 3.63) is 29.3 Å². The van der Waals surface area contributed by atoms with Gasteiger partial charge in [-0.25, -0.2) is 4.99 Å². The van der Waals surface area contributed by atoms with Gasteiger partial charge in [-0.2, -0.15) is 0 Å². The van der Waals surface area contributed by atoms with E-state index in [2.05, 4.69) is 71.6 Å². The second-order valence-electron chi connectivity index (χ2n) is 6.64. The van der Waals surface area contributed by atoms with Crippen LogP contribution in [0, 0.1) is 25.7 Å². The SMILES string of the molecule is CC(=Nc1ccc(C)cc1C)N(CC(C)C)CC(C)C.Cl. The molecule has 3 heteroatoms. The van der Waals surface area contributed by atoms with Gasteiger partial charge in [0.1, 0.15) is 5.84 Å². The average Bonchev–Trinajstić information content (AvgIpc) is 2.30. The molecule has 0 unspecified atom stereocenters. The first-order chi connectivity index (χ1) is 9.29. The van der Waals surface area contributed by atoms with Crippen molar-refractivity contribution in [3.8, 4) is 0 Å². The predicted octanol–water partition coefficient (Wildman–Crippen LogP) is 5.39. The maximum absolute atomic E-state index is 4.85. The van der Waals surface area contributed by atoms with Crippen molar-refractivity contribution in [2.75, 3.05) is 13.1 Å². The van der Waals surface area contributed by atoms with Crippen LogP contribution in [0.4, 0.5) is 5.69 Å². The Balaban J connectivity index is 0.00000400. The van der Waals surface area contributed by atoms with E-state index in [0.717, 1.165) is 24.6 Å². The van der Waals surface area contributed by atoms with Crippen LogP contribution in [0.25, 0.3) is 0 Å². The zero-order valence-electron chi connectivity index (χ0n) is 14.6. The summed E-state index contributed by atoms with van der Waals surface area (Å²) < 4.78 is 0. The molecule has 0 amide bonds. The number of hydrogen-bond donors (Lipinski definition) is 0. The van der Waals surface area contributed by atoms with Gasteiger partial charge in [-0.15, -0.1) is 12.4 Å². The molecular formula is C18H31ClN2. The average molecular weight is 311 g/mol. The molecule has 0 aromatic heterocycles. The largest absolute Gasteiger partial charge is 0.360 e. The molecule has 1 aromatic rings. The Kier molecular flexibility index (Phi) is 8.65. The smallest absolute Gasteiger partial charge is 0.102 e. The van der Waals surface area contributed by atoms with Gasteiger partial charge in [0, 0.05) is 13.1 Å². The van der Waals surface area contributed by atoms with E-state index in [4.69, 9.17) is 4.99 Å². The Morgan fingerprint density at radius 1 is 1.05 bits per heavy atom. The van der Waals surface area contributed by atoms with Crippen molar-refractivity contribution in [3.63, 3.8) is 0 Å². The molecule has 0 saturated carbocycles. The molecule has 0 aliphatic carbocycles. The molecule has 0 N–H and O–H groups in total. The molecule has 1 aromatic carbocycles. The highest BCUT2D eigenvalue weighted by molar-refractivity contribution is 5.85. The predicted molar refractivity (Wildman–Crippen MR) is 97.2 cm³/mol. The summed E-state index contributed by atoms with van der Waals surface area (Å²) in [6.07, 6.45) is 0. The molecule has 0 bridgehead atoms. The Morgan fingerprint density at radius 3 is 2.00 bits per heavy atom. The van der Waals surface area contributed by atoms with E-state index in [1.165, 1.54) is 11.1 Å². The molecule has 0 heterocycles. The van der Waals surface area contributed by atoms with E-state index in [-0.39, 0.29) is 12.4 Å². The molecule has 0 atom stereocenters. The zero-order valence-corrected chi connectivity index (χ0v) is 15.4. The van der Waals surface area contributed by atoms with E-state index >= 15 is 0 Å². The lowest BCUT2D eigenvalue weighted by Gasteiger charge is -2.28. The third-order valence-electron chi connectivity index (χ3n) is 3.26. The zero-order chi connectivity index (χ0) is 15.3. The van der Waals surface area contributed by atoms with Crippen molar-refractivity contribution in [1.29, 1.82) is 0 Å². The van der Waals surface area contributed by atoms with Gasteiger partial charge in [0.05, 0.1) is 5.69 Å². The first-order valence-electron chi connectivity index (χ1n) is 7.67. The molecule has 1 rings (SSSR count). The van der Waals surface area contributed by atoms with E-state index < -0.39 is 0 Å². The number of halogens is 1. The molecule has 0 saturated heterocycles. The van der Waals surface area contributed by atoms with Gasteiger partial charge >= 0.3 is 0 Å². The number of aryl methyl sites for hydroxylation is 2. The Bertz CT molecular complexity index is 454. The number of hydrogen-bond acceptors (Lipinski definition) is 1. The summed E-state index contributed by atoms with van der Waals surface area (Å²) >= 11 is 0. The van der Waals surface area contributed by atoms with Gasteiger partial charge < -0.3 is 4.90 Å². The van der Waals surface area contributed by atoms with Crippen molar-refractivity contribution in [1.82, 2.24) is 4.90 Å². The fourth-order valence-corrected chi connectivity index (χ4v) is 2.40. The number of aliphatic imine (C=N–C) groups is 1. The maximum atomic E-state index is 4.85. The highest BCUT2D eigenvalue weighted by Gasteiger charge is 2.11. The Morgan fingerprint density at radius 2 is 1.57 bits per heavy atom. The summed E-state index contributed by atoms with van der Waals surface area (Å²) in [5.41, 5.74) is 3.63. The minimum Gasteiger partial charge on any atom is -0.360 e. The molecular weight excluding hydrogens is 280 g/mol. The van der Waals surface area contributed by atoms with Gasteiger partial charge in [0.2, 0.25) is 0 Å². The first-order valence-corrected chi connectivity index (χ1v) is 7.67. The summed E-state index contributed by atoms with van der Waals surface area (Å²) in [4.78, 5) is 7.26. The monoisotopic (exact) mass is 310 g/mol. The van der Waals surface area contributed by atoms with Crippen LogP contribution in [0.2, 0.25) is 0 Å². The van der Waals surface area contributed by atoms with Crippen LogP contribution in [0.3, 0.4) is 0 Å². The van der Waals surface area contributed by atoms with Gasteiger partial charge in [-0.1, -0.05) is 45.4 Å². The molecule has 0 spiro atoms. The van der Waals surface area contributed by atoms with Crippen LogP contribution in [-0.2, 0) is 0 Å². The van der Waals surface area contributed by atoms with Gasteiger partial charge in [-0.05, 0) is 44.2 Å². The van der Waals surface area contributed by atoms with E-state index in [0.29, 0.717) is 11.8 Å². The van der Waals surface area contributed by atoms with Crippen LogP contribution >= 0.6 is 12.4 Å². The minimum absolute atomic E-state index is 0. The van der Waals surface area contributed by atoms with Crippen LogP contribution in [0.15, 0.2) is 23.2 Å². The molecule has 0 aliphatic heterocycles. The molecule has 2 nitrogen and oxygen atoms in total. The summed E-state index contributed by atoms with van der Waals surface area (Å²) in [6, 6.07) is 6.45. The Hall–Kier alpha value is -1.02. The summed E-state index contributed by atoms with van der Waals surface area (Å²) in [5.74, 6) is 2.43. The maximum Gasteiger partial charge on any atom is 0.102 e. The number of benzene rings is 1. The van der Waals surface area contributed by atoms with Crippen molar-refractivity contribution in [2.24, 2.45) is 16.8 Å². The lowest BCUT2D eigenvalue weighted by atomic mass is 10.1. The first kappa shape index (κ1) is 20.0. The van der Waals surface area contributed by atoms with Gasteiger partial charge in [-0.3, -0.25) is 0 Å². The molecule has 0 radical (unpaired) electrons. The van der Waals surface area contributed by atoms with Crippen molar-refractivity contribution in [2.45, 2.75) is 48.5 Å². The standard InChI is InChI=1S/C18H30N2.ClH/c1-13(2)11-20(12-14(3)4)17(7)19-18-9-8-15(5)10-16(18)6;/h8-10,13-14H,11-12H2,1-7H3;1H. The minimum atomic E-state index is 0. The lowest BCUT2D eigenvalue weighted by Crippen LogP contribution is -2.35. The lowest BCUT2D eigenvalue weighted by molar-refractivity contribution is 0.326. The molecule has 0 fully saturated rings. The highest BCUT2D eigenvalue weighted by atomic mass is 35.5. The highest BCUT2D eigenvalue weighted by Crippen LogP contribution is 2.20. The number of amidine groups is 1. The van der Waals surface area contributed by atoms with Crippen LogP contribution in [0.1, 0.15) is 45.7 Å². The van der Waals surface area contributed by atoms with Crippen molar-refractivity contribution >= 4 is 23.9 Å². The molecule has 0 aliphatic rings. The fourth-order valence-electron chi connectivity index (χ4n) is 2.40. The van der Waals surface area contributed by atoms with Crippen LogP contribution in [0.5, 0.6) is 0 Å². The van der Waals surface area contributed by atoms with Crippen LogP contribution in [-0.4, -0.2) is 23.8 Å². The summed E-state index contributed by atoms with van der Waals surface area (Å²) in [6.45, 7) is 17.6. The second-order valence-corrected chi connectivity index (χ2v) is 6.64. The fraction of sp³-hybridized carbons (Fsp3) is 0.611. The molecule has 120 valence electrons. The van der Waals surface area contributed by atoms with Gasteiger partial charge in [0.25, 0.3) is 0 Å². The third kappa shape index (κ3) is 6.99. The quantitative estimate of drug-likeness (QED) is 0.526. The van der Waals surface area contributed by atoms with Crippen molar-refractivity contribution < 1.29 is 0 Å². The normalized spacial score (nSPS) is 11.8. The van der Waals surface area contributed by atoms with Crippen LogP contribution < -0.4 is 0 Å². The molecule has 21 heavy (non-hydrogen) atoms. The second kappa shape index (κ2) is 9.09. The number of rotatable bonds is 5.